The summed E-state index contributed by atoms with van der Waals surface area (Å²) in [7, 11) is 2.74. The Bertz CT molecular complexity index is 1050. The summed E-state index contributed by atoms with van der Waals surface area (Å²) in [5, 5.41) is 20.2. The van der Waals surface area contributed by atoms with Crippen LogP contribution in [0.15, 0.2) is 12.1 Å². The predicted molar refractivity (Wildman–Crippen MR) is 89.6 cm³/mol. The van der Waals surface area contributed by atoms with Gasteiger partial charge in [0, 0.05) is 22.3 Å². The number of esters is 1. The van der Waals surface area contributed by atoms with Crippen molar-refractivity contribution in [2.24, 2.45) is 0 Å². The number of aromatic hydroxyl groups is 1. The average Bonchev–Trinajstić information content (AvgIpc) is 3.05. The lowest BCUT2D eigenvalue weighted by molar-refractivity contribution is 0.0531. The van der Waals surface area contributed by atoms with E-state index in [1.165, 1.54) is 26.4 Å². The number of hydrogen-bond donors (Lipinski definition) is 2. The Morgan fingerprint density at radius 1 is 1.00 bits per heavy atom. The van der Waals surface area contributed by atoms with Gasteiger partial charge in [-0.2, -0.15) is 0 Å². The van der Waals surface area contributed by atoms with Crippen molar-refractivity contribution < 1.29 is 38.8 Å². The predicted octanol–water partition coefficient (Wildman–Crippen LogP) is 1.35. The maximum Gasteiger partial charge on any atom is 0.339 e. The van der Waals surface area contributed by atoms with Gasteiger partial charge in [-0.3, -0.25) is 9.59 Å². The molecule has 2 aromatic carbocycles. The number of benzene rings is 2. The van der Waals surface area contributed by atoms with Crippen LogP contribution in [0.2, 0.25) is 0 Å². The molecule has 0 radical (unpaired) electrons. The Kier molecular flexibility index (Phi) is 3.67. The summed E-state index contributed by atoms with van der Waals surface area (Å²) in [6.07, 6.45) is 0. The van der Waals surface area contributed by atoms with E-state index in [-0.39, 0.29) is 57.1 Å². The smallest absolute Gasteiger partial charge is 0.339 e. The fourth-order valence-corrected chi connectivity index (χ4v) is 3.67. The van der Waals surface area contributed by atoms with Crippen molar-refractivity contribution in [3.05, 3.63) is 51.1 Å². The zero-order valence-electron chi connectivity index (χ0n) is 14.4. The third-order valence-electron chi connectivity index (χ3n) is 4.86. The first kappa shape index (κ1) is 17.0. The molecule has 0 saturated heterocycles. The quantitative estimate of drug-likeness (QED) is 0.663. The molecule has 2 aromatic rings. The monoisotopic (exact) mass is 370 g/mol. The molecule has 8 heteroatoms. The third-order valence-corrected chi connectivity index (χ3v) is 4.86. The molecular formula is C19H14O8. The van der Waals surface area contributed by atoms with Gasteiger partial charge in [-0.05, 0) is 12.1 Å². The standard InChI is InChI=1S/C19H14O8/c1-25-10-4-3-7-13(18(10)26-2)17(23)12-9-6-27-19(24)11(9)8(5-20)16(22)14(12)15(7)21/h3-4,20,22H,5-6H2,1-2H3. The van der Waals surface area contributed by atoms with Crippen LogP contribution in [0, 0.1) is 0 Å². The number of methoxy groups -OCH3 is 2. The van der Waals surface area contributed by atoms with E-state index in [4.69, 9.17) is 14.2 Å². The van der Waals surface area contributed by atoms with Crippen LogP contribution in [-0.2, 0) is 18.0 Å². The van der Waals surface area contributed by atoms with E-state index >= 15 is 0 Å². The van der Waals surface area contributed by atoms with Crippen molar-refractivity contribution in [2.45, 2.75) is 13.2 Å². The number of fused-ring (bicyclic) bond motifs is 4. The van der Waals surface area contributed by atoms with E-state index < -0.39 is 29.9 Å². The number of aliphatic hydroxyl groups excluding tert-OH is 1. The van der Waals surface area contributed by atoms with E-state index in [0.29, 0.717) is 0 Å². The molecule has 0 spiro atoms. The first-order chi connectivity index (χ1) is 13.0. The van der Waals surface area contributed by atoms with Gasteiger partial charge >= 0.3 is 5.97 Å². The Balaban J connectivity index is 2.11. The SMILES string of the molecule is COc1ccc2c(c1OC)C(=O)c1c3c(c(CO)c(O)c1C2=O)C(=O)OC3. The van der Waals surface area contributed by atoms with Gasteiger partial charge in [0.1, 0.15) is 12.4 Å². The minimum atomic E-state index is -0.768. The maximum absolute atomic E-state index is 13.3. The van der Waals surface area contributed by atoms with Gasteiger partial charge in [0.25, 0.3) is 0 Å². The highest BCUT2D eigenvalue weighted by atomic mass is 16.5. The lowest BCUT2D eigenvalue weighted by Crippen LogP contribution is -2.25. The number of ketones is 2. The van der Waals surface area contributed by atoms with Gasteiger partial charge in [0.05, 0.1) is 37.5 Å². The number of ether oxygens (including phenoxy) is 3. The van der Waals surface area contributed by atoms with E-state index in [9.17, 15) is 24.6 Å². The number of cyclic esters (lactones) is 1. The number of carbonyl (C=O) groups excluding carboxylic acids is 3. The first-order valence-corrected chi connectivity index (χ1v) is 7.99. The normalized spacial score (nSPS) is 14.4. The largest absolute Gasteiger partial charge is 0.507 e. The number of aliphatic hydroxyl groups is 1. The van der Waals surface area contributed by atoms with Gasteiger partial charge in [0.15, 0.2) is 23.1 Å². The summed E-state index contributed by atoms with van der Waals surface area (Å²) in [6, 6.07) is 2.89. The molecule has 4 rings (SSSR count). The van der Waals surface area contributed by atoms with Gasteiger partial charge in [-0.1, -0.05) is 0 Å². The molecule has 1 aliphatic carbocycles. The highest BCUT2D eigenvalue weighted by molar-refractivity contribution is 6.31. The Morgan fingerprint density at radius 3 is 2.37 bits per heavy atom. The van der Waals surface area contributed by atoms with Crippen molar-refractivity contribution in [1.82, 2.24) is 0 Å². The average molecular weight is 370 g/mol. The second-order valence-electron chi connectivity index (χ2n) is 6.05. The second kappa shape index (κ2) is 5.82. The molecule has 1 aliphatic heterocycles. The molecule has 0 bridgehead atoms. The fraction of sp³-hybridized carbons (Fsp3) is 0.211. The van der Waals surface area contributed by atoms with E-state index in [1.807, 2.05) is 0 Å². The Morgan fingerprint density at radius 2 is 1.74 bits per heavy atom. The third kappa shape index (κ3) is 2.04. The number of carbonyl (C=O) groups is 3. The molecule has 8 nitrogen and oxygen atoms in total. The van der Waals surface area contributed by atoms with Crippen LogP contribution in [0.5, 0.6) is 17.2 Å². The zero-order valence-corrected chi connectivity index (χ0v) is 14.4. The minimum Gasteiger partial charge on any atom is -0.507 e. The summed E-state index contributed by atoms with van der Waals surface area (Å²) in [4.78, 5) is 38.4. The van der Waals surface area contributed by atoms with Crippen LogP contribution in [-0.4, -0.2) is 42.0 Å². The second-order valence-corrected chi connectivity index (χ2v) is 6.05. The molecule has 1 heterocycles. The lowest BCUT2D eigenvalue weighted by atomic mass is 9.78. The summed E-state index contributed by atoms with van der Waals surface area (Å²) in [5.74, 6) is -2.22. The maximum atomic E-state index is 13.3. The van der Waals surface area contributed by atoms with Crippen LogP contribution in [0.4, 0.5) is 0 Å². The molecule has 27 heavy (non-hydrogen) atoms. The lowest BCUT2D eigenvalue weighted by Gasteiger charge is -2.24. The van der Waals surface area contributed by atoms with Crippen LogP contribution < -0.4 is 9.47 Å². The summed E-state index contributed by atoms with van der Waals surface area (Å²) in [6.45, 7) is -0.915. The van der Waals surface area contributed by atoms with Crippen molar-refractivity contribution in [3.8, 4) is 17.2 Å². The number of phenols is 1. The van der Waals surface area contributed by atoms with Crippen LogP contribution in [0.3, 0.4) is 0 Å². The summed E-state index contributed by atoms with van der Waals surface area (Å²) >= 11 is 0. The van der Waals surface area contributed by atoms with Crippen molar-refractivity contribution in [2.75, 3.05) is 14.2 Å². The molecule has 2 N–H and O–H groups in total. The molecule has 2 aliphatic rings. The summed E-state index contributed by atoms with van der Waals surface area (Å²) in [5.41, 5.74) is -0.376. The van der Waals surface area contributed by atoms with Gasteiger partial charge in [0.2, 0.25) is 0 Å². The highest BCUT2D eigenvalue weighted by Crippen LogP contribution is 2.45. The molecule has 0 amide bonds. The molecule has 0 atom stereocenters. The topological polar surface area (TPSA) is 119 Å². The van der Waals surface area contributed by atoms with Gasteiger partial charge in [-0.25, -0.2) is 4.79 Å². The molecule has 0 saturated carbocycles. The molecule has 0 aromatic heterocycles. The molecular weight excluding hydrogens is 356 g/mol. The first-order valence-electron chi connectivity index (χ1n) is 7.99. The minimum absolute atomic E-state index is 0.00736. The van der Waals surface area contributed by atoms with Crippen molar-refractivity contribution in [3.63, 3.8) is 0 Å². The Labute approximate surface area is 152 Å². The molecule has 0 unspecified atom stereocenters. The highest BCUT2D eigenvalue weighted by Gasteiger charge is 2.42. The number of hydrogen-bond acceptors (Lipinski definition) is 8. The zero-order chi connectivity index (χ0) is 19.5. The van der Waals surface area contributed by atoms with Crippen LogP contribution >= 0.6 is 0 Å². The molecule has 138 valence electrons. The van der Waals surface area contributed by atoms with Gasteiger partial charge in [-0.15, -0.1) is 0 Å². The fourth-order valence-electron chi connectivity index (χ4n) is 3.67. The van der Waals surface area contributed by atoms with E-state index in [1.54, 1.807) is 0 Å². The van der Waals surface area contributed by atoms with Crippen molar-refractivity contribution >= 4 is 17.5 Å². The van der Waals surface area contributed by atoms with E-state index in [0.717, 1.165) is 0 Å². The van der Waals surface area contributed by atoms with Crippen LogP contribution in [0.25, 0.3) is 0 Å². The van der Waals surface area contributed by atoms with Gasteiger partial charge < -0.3 is 24.4 Å². The van der Waals surface area contributed by atoms with Crippen LogP contribution in [0.1, 0.15) is 53.3 Å². The molecule has 0 fully saturated rings. The van der Waals surface area contributed by atoms with Crippen molar-refractivity contribution in [1.29, 1.82) is 0 Å². The Hall–Kier alpha value is -3.39. The van der Waals surface area contributed by atoms with E-state index in [2.05, 4.69) is 0 Å². The number of rotatable bonds is 3. The summed E-state index contributed by atoms with van der Waals surface area (Å²) < 4.78 is 15.5.